The Labute approximate surface area is 134 Å². The first-order chi connectivity index (χ1) is 9.46. The molecule has 0 spiro atoms. The van der Waals surface area contributed by atoms with Crippen molar-refractivity contribution >= 4 is 52.1 Å². The molecule has 0 fully saturated rings. The predicted molar refractivity (Wildman–Crippen MR) is 88.6 cm³/mol. The van der Waals surface area contributed by atoms with E-state index in [1.54, 1.807) is 23.1 Å². The molecular weight excluding hydrogens is 317 g/mol. The monoisotopic (exact) mass is 333 g/mol. The summed E-state index contributed by atoms with van der Waals surface area (Å²) in [4.78, 5) is 13.4. The van der Waals surface area contributed by atoms with Gasteiger partial charge in [0.2, 0.25) is 5.91 Å². The summed E-state index contributed by atoms with van der Waals surface area (Å²) in [6.45, 7) is 5.24. The summed E-state index contributed by atoms with van der Waals surface area (Å²) in [6, 6.07) is 5.09. The Morgan fingerprint density at radius 2 is 1.85 bits per heavy atom. The minimum atomic E-state index is -0.0670. The molecule has 0 aliphatic heterocycles. The second kappa shape index (κ2) is 8.29. The number of hydrogen-bond acceptors (Lipinski definition) is 2. The quantitative estimate of drug-likeness (QED) is 0.812. The van der Waals surface area contributed by atoms with Crippen molar-refractivity contribution in [1.29, 1.82) is 0 Å². The van der Waals surface area contributed by atoms with Crippen LogP contribution in [0.25, 0.3) is 0 Å². The number of benzene rings is 1. The maximum atomic E-state index is 11.6. The summed E-state index contributed by atoms with van der Waals surface area (Å²) in [5, 5.41) is 7.27. The van der Waals surface area contributed by atoms with Crippen LogP contribution >= 0.6 is 35.4 Å². The van der Waals surface area contributed by atoms with Crippen LogP contribution in [0.2, 0.25) is 10.0 Å². The van der Waals surface area contributed by atoms with Crippen LogP contribution in [-0.4, -0.2) is 35.6 Å². The van der Waals surface area contributed by atoms with Crippen LogP contribution in [0.5, 0.6) is 0 Å². The lowest BCUT2D eigenvalue weighted by molar-refractivity contribution is -0.121. The fourth-order valence-corrected chi connectivity index (χ4v) is 2.42. The van der Waals surface area contributed by atoms with Gasteiger partial charge in [0.1, 0.15) is 0 Å². The molecule has 20 heavy (non-hydrogen) atoms. The second-order valence-corrected chi connectivity index (χ2v) is 5.32. The molecule has 7 heteroatoms. The van der Waals surface area contributed by atoms with E-state index in [2.05, 4.69) is 10.6 Å². The Kier molecular flexibility index (Phi) is 7.05. The van der Waals surface area contributed by atoms with Gasteiger partial charge in [0, 0.05) is 28.8 Å². The fourth-order valence-electron chi connectivity index (χ4n) is 1.58. The van der Waals surface area contributed by atoms with Crippen molar-refractivity contribution in [1.82, 2.24) is 10.2 Å². The summed E-state index contributed by atoms with van der Waals surface area (Å²) < 4.78 is 0. The van der Waals surface area contributed by atoms with E-state index in [0.717, 1.165) is 0 Å². The lowest BCUT2D eigenvalue weighted by atomic mass is 10.3. The van der Waals surface area contributed by atoms with Gasteiger partial charge in [0.15, 0.2) is 5.11 Å². The largest absolute Gasteiger partial charge is 0.355 e. The first-order valence-electron chi connectivity index (χ1n) is 6.25. The number of nitrogens with one attached hydrogen (secondary N) is 2. The number of nitrogens with zero attached hydrogens (tertiary/aromatic N) is 1. The number of halogens is 2. The number of rotatable bonds is 5. The average molecular weight is 334 g/mol. The number of carbonyl (C=O) groups excluding carboxylic acids is 1. The Hall–Kier alpha value is -1.04. The van der Waals surface area contributed by atoms with Crippen LogP contribution in [0, 0.1) is 0 Å². The topological polar surface area (TPSA) is 44.4 Å². The summed E-state index contributed by atoms with van der Waals surface area (Å²) in [7, 11) is 0. The molecule has 0 aliphatic carbocycles. The van der Waals surface area contributed by atoms with Gasteiger partial charge in [-0.25, -0.2) is 0 Å². The van der Waals surface area contributed by atoms with Gasteiger partial charge in [-0.2, -0.15) is 0 Å². The molecule has 0 saturated heterocycles. The van der Waals surface area contributed by atoms with Gasteiger partial charge in [0.05, 0.1) is 6.54 Å². The Morgan fingerprint density at radius 1 is 1.25 bits per heavy atom. The van der Waals surface area contributed by atoms with Crippen LogP contribution < -0.4 is 10.6 Å². The molecule has 0 unspecified atom stereocenters. The third-order valence-corrected chi connectivity index (χ3v) is 3.29. The maximum Gasteiger partial charge on any atom is 0.239 e. The van der Waals surface area contributed by atoms with E-state index in [-0.39, 0.29) is 12.5 Å². The van der Waals surface area contributed by atoms with Gasteiger partial charge in [-0.3, -0.25) is 4.79 Å². The van der Waals surface area contributed by atoms with E-state index in [4.69, 9.17) is 35.4 Å². The molecule has 0 atom stereocenters. The molecule has 0 radical (unpaired) electrons. The third kappa shape index (κ3) is 5.53. The van der Waals surface area contributed by atoms with E-state index in [0.29, 0.717) is 33.9 Å². The van der Waals surface area contributed by atoms with E-state index in [1.165, 1.54) is 0 Å². The summed E-state index contributed by atoms with van der Waals surface area (Å²) >= 11 is 17.1. The van der Waals surface area contributed by atoms with Gasteiger partial charge in [-0.15, -0.1) is 0 Å². The number of anilines is 1. The Balaban J connectivity index is 2.69. The highest BCUT2D eigenvalue weighted by Crippen LogP contribution is 2.22. The SMILES string of the molecule is CCNC(=O)CN(CC)C(=S)Nc1cc(Cl)cc(Cl)c1. The number of thiocarbonyl (C=S) groups is 1. The normalized spacial score (nSPS) is 10.0. The zero-order valence-electron chi connectivity index (χ0n) is 11.4. The van der Waals surface area contributed by atoms with E-state index < -0.39 is 0 Å². The molecule has 0 saturated carbocycles. The molecule has 4 nitrogen and oxygen atoms in total. The summed E-state index contributed by atoms with van der Waals surface area (Å²) in [5.41, 5.74) is 0.696. The zero-order valence-corrected chi connectivity index (χ0v) is 13.7. The molecule has 1 amide bonds. The smallest absolute Gasteiger partial charge is 0.239 e. The Morgan fingerprint density at radius 3 is 2.35 bits per heavy atom. The van der Waals surface area contributed by atoms with Gasteiger partial charge < -0.3 is 15.5 Å². The summed E-state index contributed by atoms with van der Waals surface area (Å²) in [6.07, 6.45) is 0. The highest BCUT2D eigenvalue weighted by atomic mass is 35.5. The van der Waals surface area contributed by atoms with E-state index in [1.807, 2.05) is 13.8 Å². The maximum absolute atomic E-state index is 11.6. The first kappa shape index (κ1) is 17.0. The van der Waals surface area contributed by atoms with Crippen molar-refractivity contribution in [3.8, 4) is 0 Å². The number of hydrogen-bond donors (Lipinski definition) is 2. The highest BCUT2D eigenvalue weighted by molar-refractivity contribution is 7.80. The minimum absolute atomic E-state index is 0.0670. The summed E-state index contributed by atoms with van der Waals surface area (Å²) in [5.74, 6) is -0.0670. The standard InChI is InChI=1S/C13H17Cl2N3OS/c1-3-16-12(19)8-18(4-2)13(20)17-11-6-9(14)5-10(15)7-11/h5-7H,3-4,8H2,1-2H3,(H,16,19)(H,17,20). The van der Waals surface area contributed by atoms with E-state index >= 15 is 0 Å². The van der Waals surface area contributed by atoms with Crippen molar-refractivity contribution < 1.29 is 4.79 Å². The van der Waals surface area contributed by atoms with Crippen molar-refractivity contribution in [2.24, 2.45) is 0 Å². The lowest BCUT2D eigenvalue weighted by Gasteiger charge is -2.23. The third-order valence-electron chi connectivity index (χ3n) is 2.49. The fraction of sp³-hybridized carbons (Fsp3) is 0.385. The Bertz CT molecular complexity index is 476. The van der Waals surface area contributed by atoms with Gasteiger partial charge in [-0.1, -0.05) is 23.2 Å². The molecule has 0 aliphatic rings. The molecule has 0 heterocycles. The molecule has 1 aromatic rings. The van der Waals surface area contributed by atoms with Gasteiger partial charge in [-0.05, 0) is 44.3 Å². The zero-order chi connectivity index (χ0) is 15.1. The average Bonchev–Trinajstić information content (AvgIpc) is 2.34. The molecule has 2 N–H and O–H groups in total. The van der Waals surface area contributed by atoms with Crippen molar-refractivity contribution in [3.05, 3.63) is 28.2 Å². The van der Waals surface area contributed by atoms with Crippen LogP contribution in [0.1, 0.15) is 13.8 Å². The van der Waals surface area contributed by atoms with Crippen LogP contribution in [0.4, 0.5) is 5.69 Å². The number of likely N-dealkylation sites (N-methyl/N-ethyl adjacent to an activating group) is 2. The molecule has 1 rings (SSSR count). The van der Waals surface area contributed by atoms with E-state index in [9.17, 15) is 4.79 Å². The first-order valence-corrected chi connectivity index (χ1v) is 7.41. The molecular formula is C13H17Cl2N3OS. The molecule has 1 aromatic carbocycles. The van der Waals surface area contributed by atoms with Gasteiger partial charge in [0.25, 0.3) is 0 Å². The molecule has 0 bridgehead atoms. The second-order valence-electron chi connectivity index (χ2n) is 4.06. The van der Waals surface area contributed by atoms with Crippen LogP contribution in [0.15, 0.2) is 18.2 Å². The molecule has 0 aromatic heterocycles. The highest BCUT2D eigenvalue weighted by Gasteiger charge is 2.12. The van der Waals surface area contributed by atoms with Crippen LogP contribution in [0.3, 0.4) is 0 Å². The van der Waals surface area contributed by atoms with Crippen molar-refractivity contribution in [3.63, 3.8) is 0 Å². The van der Waals surface area contributed by atoms with Crippen LogP contribution in [-0.2, 0) is 4.79 Å². The predicted octanol–water partition coefficient (Wildman–Crippen LogP) is 3.15. The number of amides is 1. The van der Waals surface area contributed by atoms with Gasteiger partial charge >= 0.3 is 0 Å². The minimum Gasteiger partial charge on any atom is -0.355 e. The number of carbonyl (C=O) groups is 1. The lowest BCUT2D eigenvalue weighted by Crippen LogP contribution is -2.42. The van der Waals surface area contributed by atoms with Crippen molar-refractivity contribution in [2.75, 3.05) is 25.0 Å². The molecule has 110 valence electrons. The van der Waals surface area contributed by atoms with Crippen molar-refractivity contribution in [2.45, 2.75) is 13.8 Å².